The second-order valence-electron chi connectivity index (χ2n) is 3.00. The molecule has 0 rings (SSSR count). The van der Waals surface area contributed by atoms with Gasteiger partial charge >= 0.3 is 0 Å². The largest absolute Gasteiger partial charge is 0.412 e. The molecule has 0 heterocycles. The van der Waals surface area contributed by atoms with Crippen LogP contribution in [0, 0.1) is 41.5 Å². The second-order valence-corrected chi connectivity index (χ2v) is 3.00. The predicted octanol–water partition coefficient (Wildman–Crippen LogP) is 6.55. The van der Waals surface area contributed by atoms with Gasteiger partial charge < -0.3 is 47.0 Å². The summed E-state index contributed by atoms with van der Waals surface area (Å²) >= 11 is 0. The Kier molecular flexibility index (Phi) is 455. The number of hydrogen-bond acceptors (Lipinski definition) is 0. The van der Waals surface area contributed by atoms with E-state index in [1.807, 2.05) is 41.5 Å². The number of hydrogen-bond donors (Lipinski definition) is 0. The summed E-state index contributed by atoms with van der Waals surface area (Å²) in [5, 5.41) is 0. The molecule has 0 aromatic carbocycles. The molecular weight excluding hydrogens is 363 g/mol. The molecule has 0 aliphatic rings. The van der Waals surface area contributed by atoms with Crippen LogP contribution in [-0.2, 0) is 39.0 Å². The summed E-state index contributed by atoms with van der Waals surface area (Å²) in [6.07, 6.45) is 6.00. The van der Waals surface area contributed by atoms with Crippen molar-refractivity contribution in [3.05, 3.63) is 41.5 Å². The average Bonchev–Trinajstić information content (AvgIpc) is 2.23. The van der Waals surface area contributed by atoms with Crippen molar-refractivity contribution in [2.75, 3.05) is 0 Å². The van der Waals surface area contributed by atoms with Crippen molar-refractivity contribution in [1.82, 2.24) is 0 Å². The molecule has 0 saturated heterocycles. The maximum absolute atomic E-state index is 3.49. The van der Waals surface area contributed by atoms with E-state index in [-0.39, 0.29) is 44.4 Å². The maximum atomic E-state index is 3.49. The van der Waals surface area contributed by atoms with Crippen molar-refractivity contribution in [2.24, 2.45) is 0 Å². The molecular formula is C18H44OZn2-6. The summed E-state index contributed by atoms with van der Waals surface area (Å²) in [4.78, 5) is 0. The predicted molar refractivity (Wildman–Crippen MR) is 97.5 cm³/mol. The molecule has 0 unspecified atom stereocenters. The molecule has 0 aromatic rings. The first-order valence-corrected chi connectivity index (χ1v) is 7.24. The van der Waals surface area contributed by atoms with Gasteiger partial charge in [-0.05, 0) is 0 Å². The summed E-state index contributed by atoms with van der Waals surface area (Å²) < 4.78 is 0. The van der Waals surface area contributed by atoms with Crippen LogP contribution in [0.25, 0.3) is 0 Å². The molecule has 0 saturated carbocycles. The van der Waals surface area contributed by atoms with E-state index >= 15 is 0 Å². The second kappa shape index (κ2) is 167. The Labute approximate surface area is 165 Å². The van der Waals surface area contributed by atoms with E-state index < -0.39 is 0 Å². The summed E-state index contributed by atoms with van der Waals surface area (Å²) in [6.45, 7) is 33.0. The molecule has 0 fully saturated rings. The van der Waals surface area contributed by atoms with Crippen molar-refractivity contribution in [2.45, 2.75) is 80.1 Å². The first-order valence-electron chi connectivity index (χ1n) is 7.24. The quantitative estimate of drug-likeness (QED) is 0.322. The van der Waals surface area contributed by atoms with Gasteiger partial charge in [0.1, 0.15) is 0 Å². The van der Waals surface area contributed by atoms with E-state index in [1.54, 1.807) is 0 Å². The Balaban J connectivity index is -0.0000000114. The van der Waals surface area contributed by atoms with Crippen molar-refractivity contribution >= 4 is 0 Å². The van der Waals surface area contributed by atoms with Crippen LogP contribution >= 0.6 is 0 Å². The van der Waals surface area contributed by atoms with Gasteiger partial charge in [-0.15, -0.1) is 0 Å². The molecule has 0 amide bonds. The van der Waals surface area contributed by atoms with Gasteiger partial charge in [0.05, 0.1) is 0 Å². The Bertz CT molecular complexity index is 30.7. The third-order valence-electron chi connectivity index (χ3n) is 0. The molecule has 3 heteroatoms. The summed E-state index contributed by atoms with van der Waals surface area (Å²) in [5.74, 6) is 0. The normalized spacial score (nSPS) is 5.14. The van der Waals surface area contributed by atoms with Crippen LogP contribution in [0.2, 0.25) is 0 Å². The van der Waals surface area contributed by atoms with Gasteiger partial charge in [-0.2, -0.15) is 38.5 Å². The van der Waals surface area contributed by atoms with Gasteiger partial charge in [-0.25, -0.2) is 0 Å². The van der Waals surface area contributed by atoms with Crippen LogP contribution in [0.3, 0.4) is 0 Å². The van der Waals surface area contributed by atoms with E-state index in [1.165, 1.54) is 0 Å². The van der Waals surface area contributed by atoms with Crippen LogP contribution in [0.15, 0.2) is 0 Å². The summed E-state index contributed by atoms with van der Waals surface area (Å²) in [5.41, 5.74) is 0. The van der Waals surface area contributed by atoms with Crippen LogP contribution in [0.1, 0.15) is 80.1 Å². The molecule has 2 N–H and O–H groups in total. The molecule has 1 nitrogen and oxygen atoms in total. The van der Waals surface area contributed by atoms with E-state index in [2.05, 4.69) is 41.5 Å². The van der Waals surface area contributed by atoms with Crippen LogP contribution in [0.4, 0.5) is 0 Å². The zero-order valence-electron chi connectivity index (χ0n) is 16.4. The van der Waals surface area contributed by atoms with Gasteiger partial charge in [-0.1, -0.05) is 41.5 Å². The minimum atomic E-state index is 0. The smallest absolute Gasteiger partial charge is 0 e. The summed E-state index contributed by atoms with van der Waals surface area (Å²) in [7, 11) is 0. The fourth-order valence-corrected chi connectivity index (χ4v) is 0. The standard InChI is InChI=1S/6C3H7.H2O.2Zn/c6*1-3-2;;;/h6*1,3H2,2H3;1H2;;/q6*-1;;;. The van der Waals surface area contributed by atoms with Crippen molar-refractivity contribution in [3.8, 4) is 0 Å². The molecule has 0 bridgehead atoms. The molecule has 21 heavy (non-hydrogen) atoms. The van der Waals surface area contributed by atoms with Crippen LogP contribution in [0.5, 0.6) is 0 Å². The minimum Gasteiger partial charge on any atom is -0.412 e. The maximum Gasteiger partial charge on any atom is 0 e. The Hall–Kier alpha value is 1.21. The fraction of sp³-hybridized carbons (Fsp3) is 0.667. The monoisotopic (exact) mass is 404 g/mol. The van der Waals surface area contributed by atoms with Crippen molar-refractivity contribution in [3.63, 3.8) is 0 Å². The average molecular weight is 407 g/mol. The number of rotatable bonds is 0. The van der Waals surface area contributed by atoms with E-state index in [0.717, 1.165) is 38.5 Å². The molecule has 0 radical (unpaired) electrons. The molecule has 0 aliphatic heterocycles. The third-order valence-corrected chi connectivity index (χ3v) is 0. The zero-order valence-corrected chi connectivity index (χ0v) is 22.3. The first kappa shape index (κ1) is 57.3. The Morgan fingerprint density at radius 2 is 0.381 bits per heavy atom. The van der Waals surface area contributed by atoms with Crippen LogP contribution < -0.4 is 0 Å². The minimum absolute atomic E-state index is 0. The van der Waals surface area contributed by atoms with E-state index in [9.17, 15) is 0 Å². The topological polar surface area (TPSA) is 31.5 Å². The Morgan fingerprint density at radius 1 is 0.381 bits per heavy atom. The molecule has 132 valence electrons. The first-order chi connectivity index (χ1) is 8.49. The molecule has 0 aromatic heterocycles. The zero-order chi connectivity index (χ0) is 16.2. The van der Waals surface area contributed by atoms with Gasteiger partial charge in [0.15, 0.2) is 0 Å². The molecule has 0 atom stereocenters. The fourth-order valence-electron chi connectivity index (χ4n) is 0. The SMILES string of the molecule is O.[CH2-]CC.[CH2-]CC.[CH2-]CC.[CH2-]CC.[CH2-]CC.[CH2-]CC.[Zn].[Zn]. The molecule has 0 spiro atoms. The Morgan fingerprint density at radius 3 is 0.381 bits per heavy atom. The van der Waals surface area contributed by atoms with E-state index in [0.29, 0.717) is 0 Å². The molecule has 0 aliphatic carbocycles. The van der Waals surface area contributed by atoms with Crippen molar-refractivity contribution in [1.29, 1.82) is 0 Å². The van der Waals surface area contributed by atoms with Gasteiger partial charge in [-0.3, -0.25) is 0 Å². The van der Waals surface area contributed by atoms with Crippen LogP contribution in [-0.4, -0.2) is 5.48 Å². The summed E-state index contributed by atoms with van der Waals surface area (Å²) in [6, 6.07) is 0. The van der Waals surface area contributed by atoms with E-state index in [4.69, 9.17) is 0 Å². The van der Waals surface area contributed by atoms with Gasteiger partial charge in [0, 0.05) is 39.0 Å². The van der Waals surface area contributed by atoms with Gasteiger partial charge in [0.2, 0.25) is 0 Å². The van der Waals surface area contributed by atoms with Gasteiger partial charge in [0.25, 0.3) is 0 Å². The van der Waals surface area contributed by atoms with Crippen molar-refractivity contribution < 1.29 is 44.4 Å². The third kappa shape index (κ3) is 5370.